The average Bonchev–Trinajstić information content (AvgIpc) is 2.40. The molecule has 0 aliphatic rings. The Balaban J connectivity index is 2.04. The van der Waals surface area contributed by atoms with Crippen LogP contribution >= 0.6 is 0 Å². The van der Waals surface area contributed by atoms with E-state index in [1.807, 2.05) is 31.2 Å². The molecule has 1 N–H and O–H groups in total. The molecule has 0 aliphatic heterocycles. The fourth-order valence-electron chi connectivity index (χ4n) is 1.56. The standard InChI is InChI=1S/C15H19N3O/c1-11(2)17-9-13-8-16-10-15(18-13)19-14-6-4-12(3)5-7-14/h4-8,10-11,17H,9H2,1-3H3. The lowest BCUT2D eigenvalue weighted by molar-refractivity contribution is 0.455. The molecular formula is C15H19N3O. The number of rotatable bonds is 5. The largest absolute Gasteiger partial charge is 0.437 e. The van der Waals surface area contributed by atoms with E-state index in [4.69, 9.17) is 4.74 Å². The second-order valence-corrected chi connectivity index (χ2v) is 4.80. The zero-order chi connectivity index (χ0) is 13.7. The summed E-state index contributed by atoms with van der Waals surface area (Å²) in [6.45, 7) is 6.93. The molecule has 1 heterocycles. The van der Waals surface area contributed by atoms with Gasteiger partial charge in [0, 0.05) is 18.8 Å². The van der Waals surface area contributed by atoms with Crippen molar-refractivity contribution in [1.82, 2.24) is 15.3 Å². The third-order valence-corrected chi connectivity index (χ3v) is 2.60. The van der Waals surface area contributed by atoms with E-state index in [2.05, 4.69) is 29.1 Å². The van der Waals surface area contributed by atoms with Crippen LogP contribution in [-0.4, -0.2) is 16.0 Å². The summed E-state index contributed by atoms with van der Waals surface area (Å²) in [5, 5.41) is 3.30. The first-order valence-corrected chi connectivity index (χ1v) is 6.42. The highest BCUT2D eigenvalue weighted by Crippen LogP contribution is 2.18. The minimum absolute atomic E-state index is 0.420. The number of benzene rings is 1. The van der Waals surface area contributed by atoms with Gasteiger partial charge in [0.05, 0.1) is 11.9 Å². The van der Waals surface area contributed by atoms with E-state index in [-0.39, 0.29) is 0 Å². The predicted molar refractivity (Wildman–Crippen MR) is 75.3 cm³/mol. The highest BCUT2D eigenvalue weighted by atomic mass is 16.5. The summed E-state index contributed by atoms with van der Waals surface area (Å²) < 4.78 is 5.68. The molecule has 0 atom stereocenters. The van der Waals surface area contributed by atoms with Crippen LogP contribution < -0.4 is 10.1 Å². The molecule has 1 aromatic heterocycles. The van der Waals surface area contributed by atoms with Crippen LogP contribution in [0.4, 0.5) is 0 Å². The van der Waals surface area contributed by atoms with Crippen LogP contribution in [0.3, 0.4) is 0 Å². The van der Waals surface area contributed by atoms with Crippen LogP contribution in [0.25, 0.3) is 0 Å². The first-order chi connectivity index (χ1) is 9.13. The molecule has 0 unspecified atom stereocenters. The summed E-state index contributed by atoms with van der Waals surface area (Å²) >= 11 is 0. The molecule has 0 bridgehead atoms. The summed E-state index contributed by atoms with van der Waals surface area (Å²) in [5.41, 5.74) is 2.08. The molecule has 19 heavy (non-hydrogen) atoms. The molecule has 0 radical (unpaired) electrons. The predicted octanol–water partition coefficient (Wildman–Crippen LogP) is 3.08. The third kappa shape index (κ3) is 4.34. The number of nitrogens with zero attached hydrogens (tertiary/aromatic N) is 2. The molecule has 0 saturated heterocycles. The van der Waals surface area contributed by atoms with Crippen molar-refractivity contribution < 1.29 is 4.74 Å². The minimum atomic E-state index is 0.420. The molecule has 0 spiro atoms. The molecule has 2 rings (SSSR count). The molecule has 100 valence electrons. The Hall–Kier alpha value is -1.94. The zero-order valence-corrected chi connectivity index (χ0v) is 11.6. The SMILES string of the molecule is Cc1ccc(Oc2cncc(CNC(C)C)n2)cc1. The van der Waals surface area contributed by atoms with Crippen molar-refractivity contribution in [2.24, 2.45) is 0 Å². The summed E-state index contributed by atoms with van der Waals surface area (Å²) in [6.07, 6.45) is 3.37. The smallest absolute Gasteiger partial charge is 0.238 e. The number of hydrogen-bond acceptors (Lipinski definition) is 4. The Labute approximate surface area is 113 Å². The van der Waals surface area contributed by atoms with Gasteiger partial charge in [0.25, 0.3) is 0 Å². The second kappa shape index (κ2) is 6.29. The van der Waals surface area contributed by atoms with Crippen molar-refractivity contribution in [1.29, 1.82) is 0 Å². The van der Waals surface area contributed by atoms with Crippen LogP contribution in [0.15, 0.2) is 36.7 Å². The summed E-state index contributed by atoms with van der Waals surface area (Å²) in [4.78, 5) is 8.56. The molecule has 0 saturated carbocycles. The van der Waals surface area contributed by atoms with E-state index in [1.54, 1.807) is 12.4 Å². The Kier molecular flexibility index (Phi) is 4.47. The molecule has 2 aromatic rings. The van der Waals surface area contributed by atoms with Crippen molar-refractivity contribution in [2.75, 3.05) is 0 Å². The van der Waals surface area contributed by atoms with Crippen molar-refractivity contribution in [3.8, 4) is 11.6 Å². The maximum atomic E-state index is 5.68. The van der Waals surface area contributed by atoms with Gasteiger partial charge in [0.1, 0.15) is 5.75 Å². The molecule has 4 nitrogen and oxygen atoms in total. The van der Waals surface area contributed by atoms with Gasteiger partial charge in [0.15, 0.2) is 0 Å². The summed E-state index contributed by atoms with van der Waals surface area (Å²) in [6, 6.07) is 8.29. The normalized spacial score (nSPS) is 10.7. The fourth-order valence-corrected chi connectivity index (χ4v) is 1.56. The first-order valence-electron chi connectivity index (χ1n) is 6.42. The Bertz CT molecular complexity index is 523. The molecule has 1 aromatic carbocycles. The van der Waals surface area contributed by atoms with Gasteiger partial charge < -0.3 is 10.1 Å². The minimum Gasteiger partial charge on any atom is -0.437 e. The van der Waals surface area contributed by atoms with Gasteiger partial charge in [-0.25, -0.2) is 4.98 Å². The summed E-state index contributed by atoms with van der Waals surface area (Å²) in [7, 11) is 0. The van der Waals surface area contributed by atoms with Gasteiger partial charge in [-0.05, 0) is 19.1 Å². The highest BCUT2D eigenvalue weighted by Gasteiger charge is 2.02. The fraction of sp³-hybridized carbons (Fsp3) is 0.333. The van der Waals surface area contributed by atoms with E-state index in [1.165, 1.54) is 5.56 Å². The number of hydrogen-bond donors (Lipinski definition) is 1. The van der Waals surface area contributed by atoms with Crippen LogP contribution in [0, 0.1) is 6.92 Å². The van der Waals surface area contributed by atoms with Gasteiger partial charge in [-0.3, -0.25) is 4.98 Å². The highest BCUT2D eigenvalue weighted by molar-refractivity contribution is 5.29. The number of aryl methyl sites for hydroxylation is 1. The lowest BCUT2D eigenvalue weighted by atomic mass is 10.2. The zero-order valence-electron chi connectivity index (χ0n) is 11.6. The number of aromatic nitrogens is 2. The molecule has 0 aliphatic carbocycles. The third-order valence-electron chi connectivity index (χ3n) is 2.60. The lowest BCUT2D eigenvalue weighted by Gasteiger charge is -2.09. The van der Waals surface area contributed by atoms with E-state index in [9.17, 15) is 0 Å². The maximum Gasteiger partial charge on any atom is 0.238 e. The van der Waals surface area contributed by atoms with Crippen molar-refractivity contribution in [3.63, 3.8) is 0 Å². The first kappa shape index (κ1) is 13.5. The van der Waals surface area contributed by atoms with Crippen LogP contribution in [0.1, 0.15) is 25.1 Å². The molecular weight excluding hydrogens is 238 g/mol. The van der Waals surface area contributed by atoms with Gasteiger partial charge in [-0.1, -0.05) is 31.5 Å². The van der Waals surface area contributed by atoms with Crippen molar-refractivity contribution >= 4 is 0 Å². The quantitative estimate of drug-likeness (QED) is 0.894. The van der Waals surface area contributed by atoms with E-state index in [0.717, 1.165) is 11.4 Å². The van der Waals surface area contributed by atoms with Crippen molar-refractivity contribution in [3.05, 3.63) is 47.9 Å². The summed E-state index contributed by atoms with van der Waals surface area (Å²) in [5.74, 6) is 1.29. The monoisotopic (exact) mass is 257 g/mol. The Morgan fingerprint density at radius 2 is 1.89 bits per heavy atom. The van der Waals surface area contributed by atoms with Crippen LogP contribution in [0.2, 0.25) is 0 Å². The van der Waals surface area contributed by atoms with Gasteiger partial charge in [0.2, 0.25) is 5.88 Å². The van der Waals surface area contributed by atoms with Crippen molar-refractivity contribution in [2.45, 2.75) is 33.4 Å². The molecule has 0 fully saturated rings. The topological polar surface area (TPSA) is 47.0 Å². The second-order valence-electron chi connectivity index (χ2n) is 4.80. The van der Waals surface area contributed by atoms with Gasteiger partial charge >= 0.3 is 0 Å². The Morgan fingerprint density at radius 1 is 1.16 bits per heavy atom. The lowest BCUT2D eigenvalue weighted by Crippen LogP contribution is -2.22. The van der Waals surface area contributed by atoms with Crippen LogP contribution in [-0.2, 0) is 6.54 Å². The van der Waals surface area contributed by atoms with Gasteiger partial charge in [-0.2, -0.15) is 0 Å². The molecule has 4 heteroatoms. The number of nitrogens with one attached hydrogen (secondary N) is 1. The van der Waals surface area contributed by atoms with Gasteiger partial charge in [-0.15, -0.1) is 0 Å². The molecule has 0 amide bonds. The van der Waals surface area contributed by atoms with Crippen LogP contribution in [0.5, 0.6) is 11.6 Å². The maximum absolute atomic E-state index is 5.68. The Morgan fingerprint density at radius 3 is 2.58 bits per heavy atom. The average molecular weight is 257 g/mol. The number of ether oxygens (including phenoxy) is 1. The van der Waals surface area contributed by atoms with E-state index >= 15 is 0 Å². The van der Waals surface area contributed by atoms with E-state index < -0.39 is 0 Å². The van der Waals surface area contributed by atoms with E-state index in [0.29, 0.717) is 18.5 Å².